The smallest absolute Gasteiger partial charge is 0.342 e. The van der Waals surface area contributed by atoms with Gasteiger partial charge in [0.2, 0.25) is 0 Å². The van der Waals surface area contributed by atoms with Gasteiger partial charge in [-0.15, -0.1) is 0 Å². The van der Waals surface area contributed by atoms with Crippen molar-refractivity contribution in [1.82, 2.24) is 0 Å². The Hall–Kier alpha value is -3.83. The van der Waals surface area contributed by atoms with Gasteiger partial charge in [-0.25, -0.2) is 4.79 Å². The van der Waals surface area contributed by atoms with Crippen molar-refractivity contribution in [1.29, 1.82) is 0 Å². The first-order chi connectivity index (χ1) is 19.5. The Morgan fingerprint density at radius 2 is 2.00 bits per heavy atom. The fourth-order valence-electron chi connectivity index (χ4n) is 4.86. The minimum atomic E-state index is -0.908. The zero-order valence-electron chi connectivity index (χ0n) is 24.0. The molecule has 0 saturated carbocycles. The van der Waals surface area contributed by atoms with E-state index in [2.05, 4.69) is 10.0 Å². The van der Waals surface area contributed by atoms with Crippen molar-refractivity contribution >= 4 is 29.0 Å². The SMILES string of the molecule is COCOc1cc2oc(CN=[N+]=[N-])cc2c2c1C(=O)O[C@@H](C)[C@H](C)C=CC(OC(C)=O)[C@H]1OC(C)(C)O[C@H]1CC=C2. The van der Waals surface area contributed by atoms with Crippen LogP contribution >= 0.6 is 0 Å². The average molecular weight is 570 g/mol. The molecule has 2 aromatic rings. The number of hydrogen-bond acceptors (Lipinski definition) is 10. The molecule has 0 N–H and O–H groups in total. The summed E-state index contributed by atoms with van der Waals surface area (Å²) < 4.78 is 40.7. The number of carbonyl (C=O) groups is 2. The van der Waals surface area contributed by atoms with E-state index in [-0.39, 0.29) is 30.6 Å². The van der Waals surface area contributed by atoms with Gasteiger partial charge < -0.3 is 32.8 Å². The molecule has 2 aliphatic rings. The molecular weight excluding hydrogens is 534 g/mol. The first kappa shape index (κ1) is 30.1. The molecule has 1 aromatic carbocycles. The summed E-state index contributed by atoms with van der Waals surface area (Å²) in [7, 11) is 1.47. The minimum Gasteiger partial charge on any atom is -0.466 e. The number of azide groups is 1. The molecule has 12 nitrogen and oxygen atoms in total. The number of methoxy groups -OCH3 is 1. The van der Waals surface area contributed by atoms with Gasteiger partial charge in [0.1, 0.15) is 41.0 Å². The standard InChI is InChI=1S/C29H35N3O9/c1-16-10-11-22(38-18(3)33)27-23(40-29(4,5)41-27)9-7-8-20-21-12-19(14-31-32-30)39-24(21)13-25(36-15-35-6)26(20)28(34)37-17(16)2/h7-8,10-13,16-17,22-23,27H,9,14-15H2,1-6H3/t16-,17+,22?,23+,27-/m1/s1. The minimum absolute atomic E-state index is 0.00912. The quantitative estimate of drug-likeness (QED) is 0.104. The van der Waals surface area contributed by atoms with E-state index in [1.54, 1.807) is 45.1 Å². The number of carbonyl (C=O) groups excluding carboxylic acids is 2. The third kappa shape index (κ3) is 7.09. The third-order valence-electron chi connectivity index (χ3n) is 6.84. The summed E-state index contributed by atoms with van der Waals surface area (Å²) in [6.07, 6.45) is 5.27. The van der Waals surface area contributed by atoms with Crippen LogP contribution in [0.5, 0.6) is 5.75 Å². The van der Waals surface area contributed by atoms with E-state index < -0.39 is 42.1 Å². The number of benzene rings is 1. The zero-order valence-corrected chi connectivity index (χ0v) is 24.0. The van der Waals surface area contributed by atoms with Gasteiger partial charge in [0.05, 0.1) is 12.6 Å². The summed E-state index contributed by atoms with van der Waals surface area (Å²) in [6.45, 7) is 8.50. The summed E-state index contributed by atoms with van der Waals surface area (Å²) in [5, 5.41) is 4.19. The highest BCUT2D eigenvalue weighted by Gasteiger charge is 2.45. The second kappa shape index (κ2) is 12.8. The number of esters is 2. The second-order valence-electron chi connectivity index (χ2n) is 10.4. The Kier molecular flexibility index (Phi) is 9.39. The second-order valence-corrected chi connectivity index (χ2v) is 10.4. The normalized spacial score (nSPS) is 25.9. The van der Waals surface area contributed by atoms with Gasteiger partial charge in [0.15, 0.2) is 12.6 Å². The molecule has 4 rings (SSSR count). The van der Waals surface area contributed by atoms with Gasteiger partial charge in [-0.3, -0.25) is 4.79 Å². The van der Waals surface area contributed by atoms with E-state index in [0.717, 1.165) is 0 Å². The van der Waals surface area contributed by atoms with E-state index in [4.69, 9.17) is 38.4 Å². The Bertz CT molecular complexity index is 1390. The topological polar surface area (TPSA) is 151 Å². The number of fused-ring (bicyclic) bond motifs is 4. The van der Waals surface area contributed by atoms with Crippen molar-refractivity contribution in [2.45, 2.75) is 77.8 Å². The van der Waals surface area contributed by atoms with E-state index >= 15 is 0 Å². The van der Waals surface area contributed by atoms with Crippen molar-refractivity contribution in [2.24, 2.45) is 11.0 Å². The van der Waals surface area contributed by atoms with Gasteiger partial charge in [-0.1, -0.05) is 30.3 Å². The van der Waals surface area contributed by atoms with Crippen molar-refractivity contribution < 1.29 is 42.4 Å². The summed E-state index contributed by atoms with van der Waals surface area (Å²) in [5.41, 5.74) is 9.88. The van der Waals surface area contributed by atoms with Crippen LogP contribution in [-0.2, 0) is 35.0 Å². The highest BCUT2D eigenvalue weighted by atomic mass is 16.8. The molecule has 1 saturated heterocycles. The van der Waals surface area contributed by atoms with Gasteiger partial charge >= 0.3 is 11.9 Å². The first-order valence-corrected chi connectivity index (χ1v) is 13.3. The molecule has 2 aliphatic heterocycles. The number of furan rings is 1. The molecule has 12 heteroatoms. The molecule has 5 atom stereocenters. The average Bonchev–Trinajstić information content (AvgIpc) is 3.46. The highest BCUT2D eigenvalue weighted by Crippen LogP contribution is 2.38. The van der Waals surface area contributed by atoms with Gasteiger partial charge in [0, 0.05) is 41.9 Å². The van der Waals surface area contributed by atoms with Crippen LogP contribution < -0.4 is 4.74 Å². The number of rotatable bonds is 6. The Balaban J connectivity index is 1.87. The molecule has 0 bridgehead atoms. The monoisotopic (exact) mass is 569 g/mol. The predicted octanol–water partition coefficient (Wildman–Crippen LogP) is 5.83. The van der Waals surface area contributed by atoms with Crippen LogP contribution in [0.15, 0.2) is 39.9 Å². The molecule has 1 aromatic heterocycles. The summed E-state index contributed by atoms with van der Waals surface area (Å²) in [6, 6.07) is 3.31. The maximum absolute atomic E-state index is 13.7. The van der Waals surface area contributed by atoms with Crippen LogP contribution in [-0.4, -0.2) is 56.0 Å². The first-order valence-electron chi connectivity index (χ1n) is 13.3. The molecule has 220 valence electrons. The van der Waals surface area contributed by atoms with E-state index in [0.29, 0.717) is 28.7 Å². The molecule has 0 aliphatic carbocycles. The van der Waals surface area contributed by atoms with Crippen LogP contribution in [0.1, 0.15) is 62.7 Å². The van der Waals surface area contributed by atoms with Crippen LogP contribution in [0.2, 0.25) is 0 Å². The predicted molar refractivity (Wildman–Crippen MR) is 148 cm³/mol. The molecule has 0 amide bonds. The van der Waals surface area contributed by atoms with E-state index in [1.807, 2.05) is 19.1 Å². The number of ether oxygens (including phenoxy) is 6. The third-order valence-corrected chi connectivity index (χ3v) is 6.84. The fraction of sp³-hybridized carbons (Fsp3) is 0.517. The summed E-state index contributed by atoms with van der Waals surface area (Å²) in [4.78, 5) is 28.5. The van der Waals surface area contributed by atoms with Crippen LogP contribution in [0, 0.1) is 5.92 Å². The molecule has 1 fully saturated rings. The molecule has 0 spiro atoms. The van der Waals surface area contributed by atoms with Crippen LogP contribution in [0.25, 0.3) is 27.5 Å². The number of cyclic esters (lactones) is 1. The van der Waals surface area contributed by atoms with Crippen molar-refractivity contribution in [3.63, 3.8) is 0 Å². The van der Waals surface area contributed by atoms with Crippen LogP contribution in [0.3, 0.4) is 0 Å². The molecule has 0 radical (unpaired) electrons. The lowest BCUT2D eigenvalue weighted by Crippen LogP contribution is -2.37. The van der Waals surface area contributed by atoms with Crippen molar-refractivity contribution in [2.75, 3.05) is 13.9 Å². The Labute approximate surface area is 237 Å². The molecule has 1 unspecified atom stereocenters. The number of hydrogen-bond donors (Lipinski definition) is 0. The fourth-order valence-corrected chi connectivity index (χ4v) is 4.86. The van der Waals surface area contributed by atoms with Crippen LogP contribution in [0.4, 0.5) is 0 Å². The maximum atomic E-state index is 13.7. The lowest BCUT2D eigenvalue weighted by atomic mass is 9.97. The lowest BCUT2D eigenvalue weighted by molar-refractivity contribution is -0.165. The largest absolute Gasteiger partial charge is 0.466 e. The summed E-state index contributed by atoms with van der Waals surface area (Å²) in [5.74, 6) is -1.58. The summed E-state index contributed by atoms with van der Waals surface area (Å²) >= 11 is 0. The van der Waals surface area contributed by atoms with Crippen molar-refractivity contribution in [3.05, 3.63) is 57.7 Å². The molecule has 3 heterocycles. The zero-order chi connectivity index (χ0) is 29.7. The van der Waals surface area contributed by atoms with Gasteiger partial charge in [-0.2, -0.15) is 0 Å². The van der Waals surface area contributed by atoms with E-state index in [9.17, 15) is 9.59 Å². The van der Waals surface area contributed by atoms with Gasteiger partial charge in [0.25, 0.3) is 0 Å². The number of nitrogens with zero attached hydrogens (tertiary/aromatic N) is 3. The lowest BCUT2D eigenvalue weighted by Gasteiger charge is -2.25. The maximum Gasteiger partial charge on any atom is 0.342 e. The highest BCUT2D eigenvalue weighted by molar-refractivity contribution is 6.04. The molecule has 41 heavy (non-hydrogen) atoms. The van der Waals surface area contributed by atoms with Crippen molar-refractivity contribution in [3.8, 4) is 5.75 Å². The Morgan fingerprint density at radius 1 is 1.22 bits per heavy atom. The van der Waals surface area contributed by atoms with E-state index in [1.165, 1.54) is 14.0 Å². The van der Waals surface area contributed by atoms with Gasteiger partial charge in [-0.05, 0) is 44.9 Å². The Morgan fingerprint density at radius 3 is 2.71 bits per heavy atom. The molecular formula is C29H35N3O9.